The molecule has 24 heavy (non-hydrogen) atoms. The molecule has 6 nitrogen and oxygen atoms in total. The van der Waals surface area contributed by atoms with E-state index in [9.17, 15) is 9.90 Å². The lowest BCUT2D eigenvalue weighted by Crippen LogP contribution is -2.21. The third-order valence-corrected chi connectivity index (χ3v) is 4.53. The van der Waals surface area contributed by atoms with E-state index in [1.165, 1.54) is 11.3 Å². The molecule has 0 saturated carbocycles. The average Bonchev–Trinajstić information content (AvgIpc) is 3.11. The molecule has 0 fully saturated rings. The predicted molar refractivity (Wildman–Crippen MR) is 91.1 cm³/mol. The highest BCUT2D eigenvalue weighted by Gasteiger charge is 2.25. The first-order chi connectivity index (χ1) is 11.7. The number of fused-ring (bicyclic) bond motifs is 1. The van der Waals surface area contributed by atoms with Gasteiger partial charge in [-0.05, 0) is 18.2 Å². The topological polar surface area (TPSA) is 79.2 Å². The van der Waals surface area contributed by atoms with Gasteiger partial charge in [-0.15, -0.1) is 11.3 Å². The van der Waals surface area contributed by atoms with Crippen LogP contribution in [0.5, 0.6) is 0 Å². The number of anilines is 2. The smallest absolute Gasteiger partial charge is 0.333 e. The number of aromatic nitrogens is 3. The van der Waals surface area contributed by atoms with E-state index >= 15 is 0 Å². The van der Waals surface area contributed by atoms with Crippen molar-refractivity contribution < 1.29 is 9.90 Å². The summed E-state index contributed by atoms with van der Waals surface area (Å²) in [4.78, 5) is 26.3. The zero-order valence-electron chi connectivity index (χ0n) is 12.5. The number of carboxylic acid groups (broad SMARTS) is 1. The molecule has 4 heterocycles. The normalized spacial score (nSPS) is 13.3. The Hall–Kier alpha value is -3.06. The van der Waals surface area contributed by atoms with Gasteiger partial charge >= 0.3 is 5.97 Å². The van der Waals surface area contributed by atoms with Gasteiger partial charge in [0.2, 0.25) is 0 Å². The van der Waals surface area contributed by atoms with Crippen LogP contribution in [0.3, 0.4) is 0 Å². The average molecular weight is 336 g/mol. The molecule has 7 heteroatoms. The van der Waals surface area contributed by atoms with Crippen LogP contribution >= 0.6 is 11.3 Å². The highest BCUT2D eigenvalue weighted by Crippen LogP contribution is 2.36. The lowest BCUT2D eigenvalue weighted by molar-refractivity contribution is -0.132. The number of hydrogen-bond donors (Lipinski definition) is 1. The van der Waals surface area contributed by atoms with Crippen LogP contribution in [0.1, 0.15) is 5.56 Å². The molecule has 0 aromatic carbocycles. The van der Waals surface area contributed by atoms with Gasteiger partial charge in [-0.25, -0.2) is 14.8 Å². The Morgan fingerprint density at radius 3 is 2.92 bits per heavy atom. The van der Waals surface area contributed by atoms with Gasteiger partial charge in [0.25, 0.3) is 0 Å². The van der Waals surface area contributed by atoms with Crippen LogP contribution in [0.4, 0.5) is 10.9 Å². The van der Waals surface area contributed by atoms with Crippen molar-refractivity contribution >= 4 is 28.3 Å². The van der Waals surface area contributed by atoms with E-state index in [2.05, 4.69) is 15.0 Å². The van der Waals surface area contributed by atoms with Crippen molar-refractivity contribution in [1.29, 1.82) is 0 Å². The monoisotopic (exact) mass is 336 g/mol. The molecule has 118 valence electrons. The summed E-state index contributed by atoms with van der Waals surface area (Å²) in [5.41, 5.74) is 2.90. The van der Waals surface area contributed by atoms with E-state index in [4.69, 9.17) is 0 Å². The summed E-state index contributed by atoms with van der Waals surface area (Å²) >= 11 is 1.44. The van der Waals surface area contributed by atoms with Crippen molar-refractivity contribution in [3.05, 3.63) is 65.6 Å². The minimum Gasteiger partial charge on any atom is -0.478 e. The second-order valence-corrected chi connectivity index (χ2v) is 6.09. The minimum atomic E-state index is -0.932. The maximum atomic E-state index is 11.4. The minimum absolute atomic E-state index is 0.314. The molecule has 0 bridgehead atoms. The van der Waals surface area contributed by atoms with Gasteiger partial charge in [-0.1, -0.05) is 6.07 Å². The SMILES string of the molecule is O=C(O)C1=CN(c2nc(-c3cccnc3)cs2)c2ncccc2C1. The van der Waals surface area contributed by atoms with Crippen LogP contribution in [0.15, 0.2) is 60.0 Å². The summed E-state index contributed by atoms with van der Waals surface area (Å²) < 4.78 is 0. The van der Waals surface area contributed by atoms with Crippen molar-refractivity contribution in [1.82, 2.24) is 15.0 Å². The predicted octanol–water partition coefficient (Wildman–Crippen LogP) is 3.26. The molecule has 0 atom stereocenters. The van der Waals surface area contributed by atoms with Crippen LogP contribution in [0.2, 0.25) is 0 Å². The maximum Gasteiger partial charge on any atom is 0.333 e. The van der Waals surface area contributed by atoms with Crippen molar-refractivity contribution in [3.8, 4) is 11.3 Å². The van der Waals surface area contributed by atoms with Gasteiger partial charge in [-0.3, -0.25) is 9.88 Å². The van der Waals surface area contributed by atoms with Crippen LogP contribution in [-0.4, -0.2) is 26.0 Å². The number of nitrogens with zero attached hydrogens (tertiary/aromatic N) is 4. The molecule has 0 saturated heterocycles. The van der Waals surface area contributed by atoms with E-state index in [0.29, 0.717) is 17.1 Å². The molecule has 1 aliphatic heterocycles. The largest absolute Gasteiger partial charge is 0.478 e. The Balaban J connectivity index is 1.78. The fourth-order valence-electron chi connectivity index (χ4n) is 2.55. The standard InChI is InChI=1S/C17H12N4O2S/c22-16(23)13-7-11-3-2-6-19-15(11)21(9-13)17-20-14(10-24-17)12-4-1-5-18-8-12/h1-6,8-10H,7H2,(H,22,23). The molecule has 3 aromatic heterocycles. The summed E-state index contributed by atoms with van der Waals surface area (Å²) in [5.74, 6) is -0.215. The number of thiazole rings is 1. The number of rotatable bonds is 3. The Labute approximate surface area is 141 Å². The molecule has 0 radical (unpaired) electrons. The van der Waals surface area contributed by atoms with E-state index in [0.717, 1.165) is 22.6 Å². The summed E-state index contributed by atoms with van der Waals surface area (Å²) in [6.45, 7) is 0. The number of hydrogen-bond acceptors (Lipinski definition) is 6. The molecule has 4 rings (SSSR count). The summed E-state index contributed by atoms with van der Waals surface area (Å²) in [5, 5.41) is 12.0. The Morgan fingerprint density at radius 2 is 2.12 bits per heavy atom. The fourth-order valence-corrected chi connectivity index (χ4v) is 3.36. The summed E-state index contributed by atoms with van der Waals surface area (Å²) in [6, 6.07) is 7.49. The van der Waals surface area contributed by atoms with E-state index in [1.54, 1.807) is 29.7 Å². The van der Waals surface area contributed by atoms with Gasteiger partial charge in [0.05, 0.1) is 11.3 Å². The van der Waals surface area contributed by atoms with Gasteiger partial charge in [-0.2, -0.15) is 0 Å². The molecular weight excluding hydrogens is 324 g/mol. The molecule has 1 aliphatic rings. The maximum absolute atomic E-state index is 11.4. The van der Waals surface area contributed by atoms with E-state index < -0.39 is 5.97 Å². The second kappa shape index (κ2) is 5.86. The molecule has 0 amide bonds. The van der Waals surface area contributed by atoms with E-state index in [-0.39, 0.29) is 0 Å². The van der Waals surface area contributed by atoms with Crippen LogP contribution in [0, 0.1) is 0 Å². The summed E-state index contributed by atoms with van der Waals surface area (Å²) in [6.07, 6.45) is 7.11. The van der Waals surface area contributed by atoms with Gasteiger partial charge in [0.1, 0.15) is 5.82 Å². The third kappa shape index (κ3) is 2.55. The molecule has 0 spiro atoms. The van der Waals surface area contributed by atoms with Crippen LogP contribution in [-0.2, 0) is 11.2 Å². The van der Waals surface area contributed by atoms with Crippen LogP contribution < -0.4 is 4.90 Å². The fraction of sp³-hybridized carbons (Fsp3) is 0.0588. The first-order valence-electron chi connectivity index (χ1n) is 7.25. The van der Waals surface area contributed by atoms with Crippen molar-refractivity contribution in [2.24, 2.45) is 0 Å². The molecule has 3 aromatic rings. The third-order valence-electron chi connectivity index (χ3n) is 3.69. The first kappa shape index (κ1) is 14.5. The number of pyridine rings is 2. The summed E-state index contributed by atoms with van der Waals surface area (Å²) in [7, 11) is 0. The Morgan fingerprint density at radius 1 is 1.25 bits per heavy atom. The Kier molecular flexibility index (Phi) is 3.55. The van der Waals surface area contributed by atoms with Crippen molar-refractivity contribution in [2.75, 3.05) is 4.90 Å². The zero-order valence-corrected chi connectivity index (χ0v) is 13.3. The van der Waals surface area contributed by atoms with Crippen molar-refractivity contribution in [3.63, 3.8) is 0 Å². The zero-order chi connectivity index (χ0) is 16.5. The molecule has 0 unspecified atom stereocenters. The van der Waals surface area contributed by atoms with Crippen molar-refractivity contribution in [2.45, 2.75) is 6.42 Å². The lowest BCUT2D eigenvalue weighted by Gasteiger charge is -2.24. The van der Waals surface area contributed by atoms with E-state index in [1.807, 2.05) is 29.6 Å². The molecular formula is C17H12N4O2S. The van der Waals surface area contributed by atoms with Gasteiger partial charge in [0, 0.05) is 47.7 Å². The molecule has 0 aliphatic carbocycles. The number of carbonyl (C=O) groups is 1. The quantitative estimate of drug-likeness (QED) is 0.791. The first-order valence-corrected chi connectivity index (χ1v) is 8.13. The lowest BCUT2D eigenvalue weighted by atomic mass is 10.0. The van der Waals surface area contributed by atoms with Gasteiger partial charge in [0.15, 0.2) is 5.13 Å². The highest BCUT2D eigenvalue weighted by atomic mass is 32.1. The number of aliphatic carboxylic acids is 1. The Bertz CT molecular complexity index is 937. The van der Waals surface area contributed by atoms with Gasteiger partial charge < -0.3 is 5.11 Å². The molecule has 1 N–H and O–H groups in total. The van der Waals surface area contributed by atoms with Crippen LogP contribution in [0.25, 0.3) is 11.3 Å². The highest BCUT2D eigenvalue weighted by molar-refractivity contribution is 7.14. The second-order valence-electron chi connectivity index (χ2n) is 5.25. The number of carboxylic acids is 1.